The molecule has 0 radical (unpaired) electrons. The highest BCUT2D eigenvalue weighted by atomic mass is 32.2. The van der Waals surface area contributed by atoms with Gasteiger partial charge in [-0.05, 0) is 37.6 Å². The zero-order valence-corrected chi connectivity index (χ0v) is 16.9. The summed E-state index contributed by atoms with van der Waals surface area (Å²) < 4.78 is 27.7. The van der Waals surface area contributed by atoms with Gasteiger partial charge >= 0.3 is 0 Å². The van der Waals surface area contributed by atoms with Crippen molar-refractivity contribution < 1.29 is 18.1 Å². The largest absolute Gasteiger partial charge is 0.506 e. The molecule has 3 heterocycles. The summed E-state index contributed by atoms with van der Waals surface area (Å²) in [5.74, 6) is -0.194. The quantitative estimate of drug-likeness (QED) is 0.649. The number of para-hydroxylation sites is 1. The number of rotatable bonds is 2. The van der Waals surface area contributed by atoms with Crippen molar-refractivity contribution in [3.8, 4) is 5.69 Å². The molecule has 2 aliphatic rings. The van der Waals surface area contributed by atoms with Crippen LogP contribution in [0.2, 0.25) is 0 Å². The third kappa shape index (κ3) is 2.44. The van der Waals surface area contributed by atoms with Crippen molar-refractivity contribution in [2.45, 2.75) is 24.2 Å². The molecule has 4 nitrogen and oxygen atoms in total. The number of allylic oxidation sites excluding steroid dienone is 1. The van der Waals surface area contributed by atoms with Crippen LogP contribution in [0, 0.1) is 0 Å². The lowest BCUT2D eigenvalue weighted by Gasteiger charge is -2.14. The summed E-state index contributed by atoms with van der Waals surface area (Å²) in [6.07, 6.45) is 5.25. The maximum atomic E-state index is 12.8. The first kappa shape index (κ1) is 17.9. The molecule has 0 bridgehead atoms. The summed E-state index contributed by atoms with van der Waals surface area (Å²) in [4.78, 5) is 0.0904. The highest BCUT2D eigenvalue weighted by Crippen LogP contribution is 2.39. The van der Waals surface area contributed by atoms with E-state index in [9.17, 15) is 13.5 Å². The molecule has 5 rings (SSSR count). The van der Waals surface area contributed by atoms with Crippen molar-refractivity contribution in [2.24, 2.45) is 0 Å². The van der Waals surface area contributed by atoms with Gasteiger partial charge in [0.15, 0.2) is 11.9 Å². The van der Waals surface area contributed by atoms with Crippen molar-refractivity contribution in [1.29, 1.82) is 0 Å². The number of pyridine rings is 1. The molecular formula is C24H20NO3S+. The van der Waals surface area contributed by atoms with E-state index in [-0.39, 0.29) is 21.0 Å². The van der Waals surface area contributed by atoms with Gasteiger partial charge in [-0.25, -0.2) is 8.42 Å². The highest BCUT2D eigenvalue weighted by molar-refractivity contribution is 7.96. The summed E-state index contributed by atoms with van der Waals surface area (Å²) in [7, 11) is -3.71. The monoisotopic (exact) mass is 402 g/mol. The Morgan fingerprint density at radius 2 is 1.69 bits per heavy atom. The third-order valence-corrected chi connectivity index (χ3v) is 7.68. The maximum Gasteiger partial charge on any atom is 0.215 e. The van der Waals surface area contributed by atoms with E-state index in [1.165, 1.54) is 17.7 Å². The number of aliphatic hydroxyl groups excluding tert-OH is 1. The second-order valence-corrected chi connectivity index (χ2v) is 9.79. The van der Waals surface area contributed by atoms with Gasteiger partial charge in [0.2, 0.25) is 15.5 Å². The van der Waals surface area contributed by atoms with Crippen LogP contribution in [0.1, 0.15) is 36.2 Å². The summed E-state index contributed by atoms with van der Waals surface area (Å²) in [5, 5.41) is 10.5. The third-order valence-electron chi connectivity index (χ3n) is 5.84. The molecular weight excluding hydrogens is 382 g/mol. The van der Waals surface area contributed by atoms with E-state index in [2.05, 4.69) is 36.6 Å². The van der Waals surface area contributed by atoms with Crippen LogP contribution >= 0.6 is 0 Å². The molecule has 29 heavy (non-hydrogen) atoms. The fraction of sp³-hybridized carbons (Fsp3) is 0.125. The van der Waals surface area contributed by atoms with Crippen LogP contribution in [-0.2, 0) is 15.3 Å². The van der Waals surface area contributed by atoms with Crippen molar-refractivity contribution in [3.63, 3.8) is 0 Å². The molecule has 2 aliphatic heterocycles. The fourth-order valence-electron chi connectivity index (χ4n) is 4.28. The first-order valence-corrected chi connectivity index (χ1v) is 10.9. The van der Waals surface area contributed by atoms with Crippen molar-refractivity contribution in [1.82, 2.24) is 0 Å². The Morgan fingerprint density at radius 1 is 0.966 bits per heavy atom. The lowest BCUT2D eigenvalue weighted by Crippen LogP contribution is -2.34. The normalized spacial score (nSPS) is 18.0. The van der Waals surface area contributed by atoms with Crippen molar-refractivity contribution >= 4 is 21.7 Å². The molecule has 1 aromatic heterocycles. The molecule has 2 aromatic carbocycles. The zero-order chi connectivity index (χ0) is 20.4. The molecule has 0 unspecified atom stereocenters. The van der Waals surface area contributed by atoms with Crippen LogP contribution in [0.4, 0.5) is 0 Å². The predicted octanol–water partition coefficient (Wildman–Crippen LogP) is 4.33. The van der Waals surface area contributed by atoms with Crippen LogP contribution in [0.25, 0.3) is 17.5 Å². The number of hydrogen-bond donors (Lipinski definition) is 1. The van der Waals surface area contributed by atoms with E-state index in [4.69, 9.17) is 0 Å². The number of fused-ring (bicyclic) bond motifs is 4. The Balaban J connectivity index is 1.57. The summed E-state index contributed by atoms with van der Waals surface area (Å²) in [5.41, 5.74) is 4.64. The van der Waals surface area contributed by atoms with E-state index in [0.717, 1.165) is 16.9 Å². The number of benzene rings is 2. The minimum Gasteiger partial charge on any atom is -0.506 e. The first-order valence-electron chi connectivity index (χ1n) is 9.44. The molecule has 0 saturated carbocycles. The average molecular weight is 402 g/mol. The SMILES string of the molecule is CC1(C)c2ccccc2-[n+]2ccc(/C=C/C3=C(O)c4ccccc4S3(=O)=O)cc21. The average Bonchev–Trinajstić information content (AvgIpc) is 3.06. The second-order valence-electron chi connectivity index (χ2n) is 7.90. The van der Waals surface area contributed by atoms with E-state index >= 15 is 0 Å². The molecule has 0 aliphatic carbocycles. The van der Waals surface area contributed by atoms with Gasteiger partial charge in [-0.15, -0.1) is 0 Å². The fourth-order valence-corrected chi connectivity index (χ4v) is 5.84. The lowest BCUT2D eigenvalue weighted by molar-refractivity contribution is -0.599. The number of sulfone groups is 1. The molecule has 5 heteroatoms. The van der Waals surface area contributed by atoms with Gasteiger partial charge in [-0.3, -0.25) is 0 Å². The summed E-state index contributed by atoms with van der Waals surface area (Å²) >= 11 is 0. The van der Waals surface area contributed by atoms with Gasteiger partial charge in [0.1, 0.15) is 10.7 Å². The van der Waals surface area contributed by atoms with Crippen molar-refractivity contribution in [3.05, 3.63) is 100 Å². The van der Waals surface area contributed by atoms with Gasteiger partial charge in [0.25, 0.3) is 0 Å². The Bertz CT molecular complexity index is 1350. The Labute approximate surface area is 170 Å². The topological polar surface area (TPSA) is 58.2 Å². The highest BCUT2D eigenvalue weighted by Gasteiger charge is 2.43. The van der Waals surface area contributed by atoms with Crippen LogP contribution in [0.5, 0.6) is 0 Å². The van der Waals surface area contributed by atoms with Gasteiger partial charge in [-0.2, -0.15) is 4.57 Å². The van der Waals surface area contributed by atoms with E-state index in [0.29, 0.717) is 5.56 Å². The first-order chi connectivity index (χ1) is 13.8. The number of aromatic nitrogens is 1. The van der Waals surface area contributed by atoms with E-state index in [1.807, 2.05) is 24.4 Å². The van der Waals surface area contributed by atoms with Gasteiger partial charge in [-0.1, -0.05) is 36.4 Å². The molecule has 144 valence electrons. The Hall–Kier alpha value is -3.18. The molecule has 0 amide bonds. The molecule has 0 fully saturated rings. The van der Waals surface area contributed by atoms with Crippen molar-refractivity contribution in [2.75, 3.05) is 0 Å². The van der Waals surface area contributed by atoms with Crippen LogP contribution in [0.3, 0.4) is 0 Å². The van der Waals surface area contributed by atoms with E-state index < -0.39 is 9.84 Å². The second kappa shape index (κ2) is 5.91. The van der Waals surface area contributed by atoms with Crippen LogP contribution in [0.15, 0.2) is 82.7 Å². The molecule has 0 atom stereocenters. The minimum atomic E-state index is -3.71. The molecule has 3 aromatic rings. The Morgan fingerprint density at radius 3 is 2.48 bits per heavy atom. The predicted molar refractivity (Wildman–Crippen MR) is 112 cm³/mol. The Kier molecular flexibility index (Phi) is 3.64. The van der Waals surface area contributed by atoms with Crippen LogP contribution in [-0.4, -0.2) is 13.5 Å². The van der Waals surface area contributed by atoms with Crippen LogP contribution < -0.4 is 4.57 Å². The number of nitrogens with zero attached hydrogens (tertiary/aromatic N) is 1. The lowest BCUT2D eigenvalue weighted by atomic mass is 9.83. The van der Waals surface area contributed by atoms with Gasteiger partial charge < -0.3 is 5.11 Å². The summed E-state index contributed by atoms with van der Waals surface area (Å²) in [6.45, 7) is 4.37. The maximum absolute atomic E-state index is 12.8. The van der Waals surface area contributed by atoms with Gasteiger partial charge in [0, 0.05) is 29.3 Å². The smallest absolute Gasteiger partial charge is 0.215 e. The zero-order valence-electron chi connectivity index (χ0n) is 16.1. The van der Waals surface area contributed by atoms with E-state index in [1.54, 1.807) is 24.3 Å². The molecule has 0 spiro atoms. The minimum absolute atomic E-state index is 0.0607. The standard InChI is InChI=1S/C24H19NO3S/c1-24(2)18-8-4-5-9-19(18)25-14-13-16(15-22(24)25)11-12-21-23(26)17-7-3-6-10-20(17)29(21,27)28/h3-15H,1-2H3/p+1. The molecule has 0 saturated heterocycles. The number of hydrogen-bond acceptors (Lipinski definition) is 3. The van der Waals surface area contributed by atoms with Gasteiger partial charge in [0.05, 0.1) is 10.3 Å². The molecule has 1 N–H and O–H groups in total. The summed E-state index contributed by atoms with van der Waals surface area (Å²) in [6, 6.07) is 18.9. The number of aliphatic hydroxyl groups is 1.